The molecule has 0 amide bonds. The number of hydrogen-bond donors (Lipinski definition) is 2. The third kappa shape index (κ3) is 3.45. The molecule has 3 heterocycles. The van der Waals surface area contributed by atoms with Crippen molar-refractivity contribution in [1.29, 1.82) is 0 Å². The van der Waals surface area contributed by atoms with E-state index in [9.17, 15) is 4.79 Å². The maximum atomic E-state index is 12.6. The fourth-order valence-corrected chi connectivity index (χ4v) is 3.35. The number of aromatic nitrogens is 2. The molecule has 0 bridgehead atoms. The van der Waals surface area contributed by atoms with Crippen molar-refractivity contribution in [2.75, 3.05) is 18.5 Å². The number of aryl methyl sites for hydroxylation is 1. The summed E-state index contributed by atoms with van der Waals surface area (Å²) in [6.45, 7) is 3.16. The van der Waals surface area contributed by atoms with Gasteiger partial charge in [0.2, 0.25) is 5.95 Å². The van der Waals surface area contributed by atoms with E-state index < -0.39 is 6.17 Å². The number of halogens is 1. The van der Waals surface area contributed by atoms with Crippen molar-refractivity contribution in [2.45, 2.75) is 32.0 Å². The number of benzene rings is 1. The molecule has 1 saturated heterocycles. The van der Waals surface area contributed by atoms with Crippen molar-refractivity contribution in [3.8, 4) is 0 Å². The molecule has 0 unspecified atom stereocenters. The van der Waals surface area contributed by atoms with Crippen LogP contribution in [0.2, 0.25) is 5.02 Å². The maximum absolute atomic E-state index is 12.6. The minimum absolute atomic E-state index is 0.134. The molecule has 0 aliphatic carbocycles. The summed E-state index contributed by atoms with van der Waals surface area (Å²) in [5.41, 5.74) is 1.42. The van der Waals surface area contributed by atoms with Crippen molar-refractivity contribution in [2.24, 2.45) is 4.99 Å². The molecule has 1 aromatic carbocycles. The van der Waals surface area contributed by atoms with Gasteiger partial charge in [0.25, 0.3) is 5.56 Å². The first-order valence-electron chi connectivity index (χ1n) is 8.65. The zero-order valence-corrected chi connectivity index (χ0v) is 15.2. The number of nitrogens with zero attached hydrogens (tertiary/aromatic N) is 3. The monoisotopic (exact) mass is 373 g/mol. The van der Waals surface area contributed by atoms with Gasteiger partial charge in [-0.25, -0.2) is 4.98 Å². The smallest absolute Gasteiger partial charge is 0.257 e. The van der Waals surface area contributed by atoms with Crippen LogP contribution in [-0.2, 0) is 4.74 Å². The van der Waals surface area contributed by atoms with Gasteiger partial charge in [0.05, 0.1) is 12.6 Å². The fraction of sp³-hybridized carbons (Fsp3) is 0.389. The van der Waals surface area contributed by atoms with Crippen molar-refractivity contribution in [3.63, 3.8) is 0 Å². The molecule has 2 aromatic rings. The molecule has 7 nitrogen and oxygen atoms in total. The summed E-state index contributed by atoms with van der Waals surface area (Å²) in [5.74, 6) is 1.05. The number of hydrogen-bond acceptors (Lipinski definition) is 4. The molecule has 1 aromatic heterocycles. The first-order chi connectivity index (χ1) is 12.6. The Hall–Kier alpha value is -2.38. The van der Waals surface area contributed by atoms with E-state index in [0.29, 0.717) is 29.2 Å². The number of fused-ring (bicyclic) bond motifs is 1. The third-order valence-electron chi connectivity index (χ3n) is 4.50. The molecule has 1 fully saturated rings. The summed E-state index contributed by atoms with van der Waals surface area (Å²) in [4.78, 5) is 21.6. The van der Waals surface area contributed by atoms with Gasteiger partial charge in [-0.2, -0.15) is 0 Å². The summed E-state index contributed by atoms with van der Waals surface area (Å²) in [5, 5.41) is 7.06. The zero-order chi connectivity index (χ0) is 18.1. The van der Waals surface area contributed by atoms with Gasteiger partial charge in [0.1, 0.15) is 6.17 Å². The van der Waals surface area contributed by atoms with E-state index in [2.05, 4.69) is 20.6 Å². The van der Waals surface area contributed by atoms with Gasteiger partial charge in [-0.3, -0.25) is 19.7 Å². The molecule has 2 aliphatic heterocycles. The Balaban J connectivity index is 1.70. The van der Waals surface area contributed by atoms with E-state index in [4.69, 9.17) is 16.3 Å². The second kappa shape index (κ2) is 7.09. The quantitative estimate of drug-likeness (QED) is 0.862. The second-order valence-corrected chi connectivity index (χ2v) is 6.91. The number of anilines is 1. The van der Waals surface area contributed by atoms with E-state index >= 15 is 0 Å². The van der Waals surface area contributed by atoms with Crippen LogP contribution in [0, 0.1) is 6.92 Å². The lowest BCUT2D eigenvalue weighted by molar-refractivity contribution is 0.117. The Bertz CT molecular complexity index is 887. The first kappa shape index (κ1) is 17.1. The molecule has 0 spiro atoms. The predicted molar refractivity (Wildman–Crippen MR) is 101 cm³/mol. The van der Waals surface area contributed by atoms with Gasteiger partial charge in [-0.05, 0) is 37.5 Å². The van der Waals surface area contributed by atoms with E-state index in [0.717, 1.165) is 25.0 Å². The topological polar surface area (TPSA) is 80.5 Å². The third-order valence-corrected chi connectivity index (χ3v) is 4.76. The predicted octanol–water partition coefficient (Wildman–Crippen LogP) is 2.30. The molecule has 26 heavy (non-hydrogen) atoms. The number of guanidine groups is 1. The number of aliphatic imine (C=N–C) groups is 1. The molecule has 0 saturated carbocycles. The van der Waals surface area contributed by atoms with Gasteiger partial charge in [-0.15, -0.1) is 0 Å². The van der Waals surface area contributed by atoms with Crippen LogP contribution in [0.25, 0.3) is 0 Å². The molecule has 2 N–H and O–H groups in total. The molecule has 8 heteroatoms. The van der Waals surface area contributed by atoms with E-state index in [1.807, 2.05) is 12.1 Å². The normalized spacial score (nSPS) is 23.4. The van der Waals surface area contributed by atoms with Gasteiger partial charge in [0, 0.05) is 23.4 Å². The minimum atomic E-state index is -0.410. The molecular formula is C18H20ClN5O2. The lowest BCUT2D eigenvalue weighted by Crippen LogP contribution is -2.48. The van der Waals surface area contributed by atoms with Gasteiger partial charge in [-0.1, -0.05) is 23.7 Å². The van der Waals surface area contributed by atoms with Crippen molar-refractivity contribution in [3.05, 3.63) is 57.0 Å². The van der Waals surface area contributed by atoms with Crippen LogP contribution in [0.15, 0.2) is 40.1 Å². The average Bonchev–Trinajstić information content (AvgIpc) is 3.13. The van der Waals surface area contributed by atoms with Crippen LogP contribution in [0.3, 0.4) is 0 Å². The minimum Gasteiger partial charge on any atom is -0.376 e. The first-order valence-corrected chi connectivity index (χ1v) is 9.03. The Morgan fingerprint density at radius 1 is 1.38 bits per heavy atom. The number of nitrogens with one attached hydrogen (secondary N) is 2. The van der Waals surface area contributed by atoms with Gasteiger partial charge >= 0.3 is 0 Å². The summed E-state index contributed by atoms with van der Waals surface area (Å²) in [6.07, 6.45) is 1.83. The zero-order valence-electron chi connectivity index (χ0n) is 14.4. The summed E-state index contributed by atoms with van der Waals surface area (Å²) < 4.78 is 7.21. The molecule has 2 atom stereocenters. The SMILES string of the molecule is Cc1cc(=O)n2c(n1)NC(=NC[C@@H]1CCCO1)N[C@@H]2c1ccc(Cl)cc1. The van der Waals surface area contributed by atoms with Gasteiger partial charge in [0.15, 0.2) is 5.96 Å². The Morgan fingerprint density at radius 2 is 2.19 bits per heavy atom. The van der Waals surface area contributed by atoms with Crippen molar-refractivity contribution >= 4 is 23.5 Å². The second-order valence-electron chi connectivity index (χ2n) is 6.48. The van der Waals surface area contributed by atoms with Gasteiger partial charge < -0.3 is 10.1 Å². The Labute approximate surface area is 156 Å². The standard InChI is InChI=1S/C18H20ClN5O2/c1-11-9-15(25)24-16(12-4-6-13(19)7-5-12)22-17(23-18(24)21-11)20-10-14-3-2-8-26-14/h4-7,9,14,16H,2-3,8,10H2,1H3,(H2,20,21,22,23)/t14-,16-/m0/s1. The Morgan fingerprint density at radius 3 is 2.92 bits per heavy atom. The summed E-state index contributed by atoms with van der Waals surface area (Å²) in [6, 6.07) is 8.90. The van der Waals surface area contributed by atoms with Crippen LogP contribution < -0.4 is 16.2 Å². The van der Waals surface area contributed by atoms with Crippen LogP contribution in [0.1, 0.15) is 30.3 Å². The maximum Gasteiger partial charge on any atom is 0.257 e. The highest BCUT2D eigenvalue weighted by Crippen LogP contribution is 2.23. The summed E-state index contributed by atoms with van der Waals surface area (Å²) in [7, 11) is 0. The van der Waals surface area contributed by atoms with Crippen LogP contribution in [-0.4, -0.2) is 34.8 Å². The molecule has 2 aliphatic rings. The summed E-state index contributed by atoms with van der Waals surface area (Å²) >= 11 is 6.00. The van der Waals surface area contributed by atoms with E-state index in [1.165, 1.54) is 6.07 Å². The lowest BCUT2D eigenvalue weighted by Gasteiger charge is -2.31. The highest BCUT2D eigenvalue weighted by Gasteiger charge is 2.26. The van der Waals surface area contributed by atoms with Crippen molar-refractivity contribution < 1.29 is 4.74 Å². The molecular weight excluding hydrogens is 354 g/mol. The van der Waals surface area contributed by atoms with Crippen LogP contribution >= 0.6 is 11.6 Å². The number of ether oxygens (including phenoxy) is 1. The number of rotatable bonds is 3. The van der Waals surface area contributed by atoms with Crippen molar-refractivity contribution in [1.82, 2.24) is 14.9 Å². The molecule has 136 valence electrons. The largest absolute Gasteiger partial charge is 0.376 e. The van der Waals surface area contributed by atoms with Crippen LogP contribution in [0.5, 0.6) is 0 Å². The lowest BCUT2D eigenvalue weighted by atomic mass is 10.1. The highest BCUT2D eigenvalue weighted by molar-refractivity contribution is 6.30. The highest BCUT2D eigenvalue weighted by atomic mass is 35.5. The fourth-order valence-electron chi connectivity index (χ4n) is 3.22. The molecule has 4 rings (SSSR count). The van der Waals surface area contributed by atoms with E-state index in [1.54, 1.807) is 23.6 Å². The Kier molecular flexibility index (Phi) is 4.65. The van der Waals surface area contributed by atoms with Crippen LogP contribution in [0.4, 0.5) is 5.95 Å². The van der Waals surface area contributed by atoms with E-state index in [-0.39, 0.29) is 11.7 Å². The average molecular weight is 374 g/mol. The molecule has 0 radical (unpaired) electrons.